The number of benzene rings is 1. The molecule has 0 saturated carbocycles. The lowest BCUT2D eigenvalue weighted by Gasteiger charge is -2.23. The summed E-state index contributed by atoms with van der Waals surface area (Å²) in [5.41, 5.74) is 5.66. The largest absolute Gasteiger partial charge is 0.490 e. The smallest absolute Gasteiger partial charge is 0.161 e. The highest BCUT2D eigenvalue weighted by Gasteiger charge is 2.17. The summed E-state index contributed by atoms with van der Waals surface area (Å²) in [6.07, 6.45) is 0.989. The molecule has 0 bridgehead atoms. The number of nitrogens with two attached hydrogens (primary N) is 1. The minimum atomic E-state index is -0.0160. The molecule has 2 N–H and O–H groups in total. The van der Waals surface area contributed by atoms with Crippen LogP contribution in [-0.2, 0) is 0 Å². The van der Waals surface area contributed by atoms with Crippen molar-refractivity contribution in [3.05, 3.63) is 24.3 Å². The molecule has 0 radical (unpaired) electrons. The fourth-order valence-electron chi connectivity index (χ4n) is 1.23. The van der Waals surface area contributed by atoms with Gasteiger partial charge in [-0.2, -0.15) is 0 Å². The first-order valence-electron chi connectivity index (χ1n) is 6.14. The molecule has 0 aromatic heterocycles. The molecule has 1 rings (SSSR count). The van der Waals surface area contributed by atoms with Gasteiger partial charge in [0.2, 0.25) is 0 Å². The van der Waals surface area contributed by atoms with Crippen LogP contribution >= 0.6 is 0 Å². The number of hydrogen-bond acceptors (Lipinski definition) is 3. The summed E-state index contributed by atoms with van der Waals surface area (Å²) in [5, 5.41) is 0. The summed E-state index contributed by atoms with van der Waals surface area (Å²) >= 11 is 0. The lowest BCUT2D eigenvalue weighted by molar-refractivity contribution is 0.178. The van der Waals surface area contributed by atoms with Crippen molar-refractivity contribution in [1.82, 2.24) is 0 Å². The molecule has 0 heterocycles. The monoisotopic (exact) mass is 237 g/mol. The zero-order valence-electron chi connectivity index (χ0n) is 11.0. The van der Waals surface area contributed by atoms with Gasteiger partial charge in [-0.3, -0.25) is 0 Å². The van der Waals surface area contributed by atoms with Crippen LogP contribution in [0.3, 0.4) is 0 Å². The fraction of sp³-hybridized carbons (Fsp3) is 0.571. The van der Waals surface area contributed by atoms with Gasteiger partial charge >= 0.3 is 0 Å². The van der Waals surface area contributed by atoms with Crippen LogP contribution in [0.1, 0.15) is 27.2 Å². The van der Waals surface area contributed by atoms with Gasteiger partial charge in [0.05, 0.1) is 13.2 Å². The van der Waals surface area contributed by atoms with Crippen molar-refractivity contribution in [2.75, 3.05) is 19.8 Å². The molecule has 0 amide bonds. The Labute approximate surface area is 104 Å². The van der Waals surface area contributed by atoms with E-state index in [0.29, 0.717) is 19.8 Å². The molecule has 3 nitrogen and oxygen atoms in total. The molecule has 0 spiro atoms. The maximum Gasteiger partial charge on any atom is 0.161 e. The molecule has 1 aromatic rings. The molecular formula is C14H23NO2. The van der Waals surface area contributed by atoms with Gasteiger partial charge in [-0.1, -0.05) is 32.9 Å². The van der Waals surface area contributed by atoms with E-state index in [4.69, 9.17) is 15.2 Å². The van der Waals surface area contributed by atoms with Gasteiger partial charge in [-0.15, -0.1) is 0 Å². The Bertz CT molecular complexity index is 337. The predicted molar refractivity (Wildman–Crippen MR) is 70.6 cm³/mol. The van der Waals surface area contributed by atoms with E-state index in [1.54, 1.807) is 0 Å². The summed E-state index contributed by atoms with van der Waals surface area (Å²) in [6.45, 7) is 8.16. The standard InChI is InChI=1S/C14H23NO2/c1-4-9-16-12-7-5-6-8-13(12)17-11-14(2,3)10-15/h5-8H,4,9-11,15H2,1-3H3. The van der Waals surface area contributed by atoms with Crippen molar-refractivity contribution in [1.29, 1.82) is 0 Å². The zero-order chi connectivity index (χ0) is 12.7. The van der Waals surface area contributed by atoms with Crippen LogP contribution in [-0.4, -0.2) is 19.8 Å². The third-order valence-corrected chi connectivity index (χ3v) is 2.48. The lowest BCUT2D eigenvalue weighted by atomic mass is 9.95. The van der Waals surface area contributed by atoms with Gasteiger partial charge in [0, 0.05) is 12.0 Å². The maximum absolute atomic E-state index is 5.78. The summed E-state index contributed by atoms with van der Waals surface area (Å²) in [7, 11) is 0. The molecule has 96 valence electrons. The Morgan fingerprint density at radius 2 is 1.71 bits per heavy atom. The average Bonchev–Trinajstić information content (AvgIpc) is 2.35. The van der Waals surface area contributed by atoms with Crippen LogP contribution in [0, 0.1) is 5.41 Å². The molecule has 3 heteroatoms. The summed E-state index contributed by atoms with van der Waals surface area (Å²) < 4.78 is 11.4. The number of ether oxygens (including phenoxy) is 2. The van der Waals surface area contributed by atoms with Crippen LogP contribution in [0.4, 0.5) is 0 Å². The lowest BCUT2D eigenvalue weighted by Crippen LogP contribution is -2.30. The van der Waals surface area contributed by atoms with Crippen molar-refractivity contribution in [3.63, 3.8) is 0 Å². The van der Waals surface area contributed by atoms with E-state index in [-0.39, 0.29) is 5.41 Å². The van der Waals surface area contributed by atoms with E-state index in [1.165, 1.54) is 0 Å². The maximum atomic E-state index is 5.78. The highest BCUT2D eigenvalue weighted by Crippen LogP contribution is 2.28. The van der Waals surface area contributed by atoms with E-state index in [0.717, 1.165) is 17.9 Å². The average molecular weight is 237 g/mol. The second-order valence-electron chi connectivity index (χ2n) is 4.95. The van der Waals surface area contributed by atoms with Crippen LogP contribution in [0.15, 0.2) is 24.3 Å². The zero-order valence-corrected chi connectivity index (χ0v) is 11.0. The molecule has 0 fully saturated rings. The topological polar surface area (TPSA) is 44.5 Å². The van der Waals surface area contributed by atoms with Crippen molar-refractivity contribution in [2.24, 2.45) is 11.1 Å². The molecule has 17 heavy (non-hydrogen) atoms. The summed E-state index contributed by atoms with van der Waals surface area (Å²) in [6, 6.07) is 7.76. The van der Waals surface area contributed by atoms with Crippen molar-refractivity contribution in [3.8, 4) is 11.5 Å². The molecular weight excluding hydrogens is 214 g/mol. The number of hydrogen-bond donors (Lipinski definition) is 1. The summed E-state index contributed by atoms with van der Waals surface area (Å²) in [5.74, 6) is 1.60. The minimum absolute atomic E-state index is 0.0160. The van der Waals surface area contributed by atoms with Gasteiger partial charge in [-0.05, 0) is 18.6 Å². The predicted octanol–water partition coefficient (Wildman–Crippen LogP) is 2.84. The first-order valence-corrected chi connectivity index (χ1v) is 6.14. The molecule has 1 aromatic carbocycles. The molecule has 0 aliphatic rings. The molecule has 0 saturated heterocycles. The Balaban J connectivity index is 2.63. The first-order chi connectivity index (χ1) is 8.09. The van der Waals surface area contributed by atoms with Crippen molar-refractivity contribution >= 4 is 0 Å². The third kappa shape index (κ3) is 4.65. The molecule has 0 aliphatic heterocycles. The quantitative estimate of drug-likeness (QED) is 0.793. The van der Waals surface area contributed by atoms with Gasteiger partial charge in [0.1, 0.15) is 0 Å². The van der Waals surface area contributed by atoms with E-state index in [1.807, 2.05) is 24.3 Å². The van der Waals surface area contributed by atoms with Gasteiger partial charge < -0.3 is 15.2 Å². The van der Waals surface area contributed by atoms with E-state index >= 15 is 0 Å². The van der Waals surface area contributed by atoms with Gasteiger partial charge in [0.15, 0.2) is 11.5 Å². The normalized spacial score (nSPS) is 11.3. The molecule has 0 aliphatic carbocycles. The summed E-state index contributed by atoms with van der Waals surface area (Å²) in [4.78, 5) is 0. The van der Waals surface area contributed by atoms with E-state index in [2.05, 4.69) is 20.8 Å². The molecule has 0 unspecified atom stereocenters. The second-order valence-corrected chi connectivity index (χ2v) is 4.95. The Morgan fingerprint density at radius 1 is 1.12 bits per heavy atom. The van der Waals surface area contributed by atoms with Gasteiger partial charge in [-0.25, -0.2) is 0 Å². The number of rotatable bonds is 7. The Hall–Kier alpha value is -1.22. The highest BCUT2D eigenvalue weighted by atomic mass is 16.5. The van der Waals surface area contributed by atoms with Crippen LogP contribution in [0.2, 0.25) is 0 Å². The first kappa shape index (κ1) is 13.8. The van der Waals surface area contributed by atoms with Crippen LogP contribution in [0.25, 0.3) is 0 Å². The Morgan fingerprint density at radius 3 is 2.24 bits per heavy atom. The second kappa shape index (κ2) is 6.50. The van der Waals surface area contributed by atoms with Crippen molar-refractivity contribution in [2.45, 2.75) is 27.2 Å². The fourth-order valence-corrected chi connectivity index (χ4v) is 1.23. The highest BCUT2D eigenvalue weighted by molar-refractivity contribution is 5.39. The van der Waals surface area contributed by atoms with E-state index in [9.17, 15) is 0 Å². The molecule has 0 atom stereocenters. The van der Waals surface area contributed by atoms with Gasteiger partial charge in [0.25, 0.3) is 0 Å². The third-order valence-electron chi connectivity index (χ3n) is 2.48. The SMILES string of the molecule is CCCOc1ccccc1OCC(C)(C)CN. The minimum Gasteiger partial charge on any atom is -0.490 e. The van der Waals surface area contributed by atoms with E-state index < -0.39 is 0 Å². The van der Waals surface area contributed by atoms with Crippen LogP contribution < -0.4 is 15.2 Å². The van der Waals surface area contributed by atoms with Crippen molar-refractivity contribution < 1.29 is 9.47 Å². The number of para-hydroxylation sites is 2. The Kier molecular flexibility index (Phi) is 5.29. The van der Waals surface area contributed by atoms with Crippen LogP contribution in [0.5, 0.6) is 11.5 Å².